The third-order valence-corrected chi connectivity index (χ3v) is 6.24. The van der Waals surface area contributed by atoms with Gasteiger partial charge in [0.25, 0.3) is 5.91 Å². The number of pyridine rings is 3. The molecule has 0 aliphatic rings. The van der Waals surface area contributed by atoms with Crippen LogP contribution in [0.2, 0.25) is 0 Å². The van der Waals surface area contributed by atoms with Crippen LogP contribution in [0.4, 0.5) is 10.1 Å². The third kappa shape index (κ3) is 4.76. The maximum Gasteiger partial charge on any atom is 0.261 e. The van der Waals surface area contributed by atoms with E-state index < -0.39 is 5.91 Å². The number of fused-ring (bicyclic) bond motifs is 1. The Kier molecular flexibility index (Phi) is 6.46. The van der Waals surface area contributed by atoms with Gasteiger partial charge in [0.15, 0.2) is 5.75 Å². The number of hydrogen-bond acceptors (Lipinski definition) is 6. The van der Waals surface area contributed by atoms with Gasteiger partial charge in [-0.15, -0.1) is 0 Å². The molecule has 0 aliphatic carbocycles. The summed E-state index contributed by atoms with van der Waals surface area (Å²) in [7, 11) is 0. The third-order valence-electron chi connectivity index (χ3n) is 6.24. The molecule has 190 valence electrons. The molecule has 38 heavy (non-hydrogen) atoms. The number of carbonyl (C=O) groups is 1. The number of carbonyl (C=O) groups excluding carboxylic acids is 1. The highest BCUT2D eigenvalue weighted by Gasteiger charge is 2.23. The molecule has 2 aromatic carbocycles. The van der Waals surface area contributed by atoms with Crippen LogP contribution in [0.15, 0.2) is 66.9 Å². The van der Waals surface area contributed by atoms with Gasteiger partial charge in [-0.25, -0.2) is 9.37 Å². The monoisotopic (exact) mass is 508 g/mol. The number of halogens is 1. The van der Waals surface area contributed by atoms with Crippen molar-refractivity contribution in [3.8, 4) is 28.4 Å². The summed E-state index contributed by atoms with van der Waals surface area (Å²) in [6, 6.07) is 16.7. The first-order valence-corrected chi connectivity index (χ1v) is 12.0. The fraction of sp³-hybridized carbons (Fsp3) is 0.133. The normalized spacial score (nSPS) is 11.0. The molecular weight excluding hydrogens is 483 g/mol. The fourth-order valence-corrected chi connectivity index (χ4v) is 4.44. The van der Waals surface area contributed by atoms with Crippen LogP contribution in [0.1, 0.15) is 33.0 Å². The van der Waals surface area contributed by atoms with Crippen molar-refractivity contribution in [3.05, 3.63) is 101 Å². The Morgan fingerprint density at radius 2 is 1.68 bits per heavy atom. The van der Waals surface area contributed by atoms with E-state index in [9.17, 15) is 14.3 Å². The lowest BCUT2D eigenvalue weighted by Gasteiger charge is -2.16. The summed E-state index contributed by atoms with van der Waals surface area (Å²) < 4.78 is 19.7. The number of aromatic hydroxyl groups is 1. The first kappa shape index (κ1) is 24.8. The van der Waals surface area contributed by atoms with Gasteiger partial charge in [0.05, 0.1) is 11.2 Å². The Labute approximate surface area is 219 Å². The van der Waals surface area contributed by atoms with Gasteiger partial charge in [0.1, 0.15) is 28.4 Å². The van der Waals surface area contributed by atoms with Crippen LogP contribution in [-0.2, 0) is 0 Å². The number of nitrogens with one attached hydrogen (secondary N) is 1. The number of aromatic nitrogens is 3. The zero-order valence-corrected chi connectivity index (χ0v) is 21.3. The molecule has 5 rings (SSSR count). The molecule has 7 nitrogen and oxygen atoms in total. The van der Waals surface area contributed by atoms with Crippen LogP contribution in [-0.4, -0.2) is 26.0 Å². The molecule has 0 fully saturated rings. The highest BCUT2D eigenvalue weighted by Crippen LogP contribution is 2.38. The molecule has 5 aromatic rings. The standard InChI is InChI=1S/C30H25FN4O3/c1-16-15-20(31)6-11-23(16)26-18(3)34-19(4)27(29(26)36)30(37)35-21-7-9-22(10-8-21)38-25-13-14-32-24-12-5-17(2)33-28(24)25/h5-15H,1-4H3,(H,34,36)(H,35,37). The molecule has 3 aromatic heterocycles. The Morgan fingerprint density at radius 1 is 0.921 bits per heavy atom. The van der Waals surface area contributed by atoms with E-state index in [1.807, 2.05) is 19.1 Å². The number of nitrogens with zero attached hydrogens (tertiary/aromatic N) is 3. The summed E-state index contributed by atoms with van der Waals surface area (Å²) in [5, 5.41) is 13.9. The maximum atomic E-state index is 13.7. The molecule has 8 heteroatoms. The molecule has 0 unspecified atom stereocenters. The van der Waals surface area contributed by atoms with Gasteiger partial charge in [-0.05, 0) is 87.4 Å². The average molecular weight is 509 g/mol. The van der Waals surface area contributed by atoms with Gasteiger partial charge >= 0.3 is 0 Å². The predicted molar refractivity (Wildman–Crippen MR) is 144 cm³/mol. The van der Waals surface area contributed by atoms with E-state index in [0.717, 1.165) is 11.2 Å². The molecule has 0 bridgehead atoms. The van der Waals surface area contributed by atoms with Crippen molar-refractivity contribution in [1.82, 2.24) is 15.0 Å². The Morgan fingerprint density at radius 3 is 2.42 bits per heavy atom. The van der Waals surface area contributed by atoms with Crippen molar-refractivity contribution in [2.75, 3.05) is 5.32 Å². The second-order valence-corrected chi connectivity index (χ2v) is 9.05. The molecule has 0 aliphatic heterocycles. The number of benzene rings is 2. The van der Waals surface area contributed by atoms with Gasteiger partial charge < -0.3 is 15.2 Å². The molecule has 2 N–H and O–H groups in total. The fourth-order valence-electron chi connectivity index (χ4n) is 4.44. The van der Waals surface area contributed by atoms with E-state index in [-0.39, 0.29) is 17.1 Å². The summed E-state index contributed by atoms with van der Waals surface area (Å²) in [5.41, 5.74) is 5.37. The molecule has 1 amide bonds. The van der Waals surface area contributed by atoms with Crippen molar-refractivity contribution < 1.29 is 19.0 Å². The molecule has 0 atom stereocenters. The molecule has 0 saturated heterocycles. The van der Waals surface area contributed by atoms with Gasteiger partial charge in [-0.3, -0.25) is 14.8 Å². The topological polar surface area (TPSA) is 97.2 Å². The average Bonchev–Trinajstić information content (AvgIpc) is 2.86. The second-order valence-electron chi connectivity index (χ2n) is 9.05. The smallest absolute Gasteiger partial charge is 0.261 e. The first-order chi connectivity index (χ1) is 18.2. The summed E-state index contributed by atoms with van der Waals surface area (Å²) >= 11 is 0. The largest absolute Gasteiger partial charge is 0.506 e. The minimum absolute atomic E-state index is 0.0550. The van der Waals surface area contributed by atoms with Crippen LogP contribution < -0.4 is 10.1 Å². The Balaban J connectivity index is 1.40. The number of hydrogen-bond donors (Lipinski definition) is 2. The summed E-state index contributed by atoms with van der Waals surface area (Å²) in [6.07, 6.45) is 1.66. The Hall–Kier alpha value is -4.85. The minimum atomic E-state index is -0.512. The van der Waals surface area contributed by atoms with Crippen molar-refractivity contribution in [2.24, 2.45) is 0 Å². The van der Waals surface area contributed by atoms with Gasteiger partial charge in [-0.1, -0.05) is 6.07 Å². The maximum absolute atomic E-state index is 13.7. The lowest BCUT2D eigenvalue weighted by Crippen LogP contribution is -2.15. The van der Waals surface area contributed by atoms with Gasteiger partial charge in [0.2, 0.25) is 0 Å². The van der Waals surface area contributed by atoms with Gasteiger partial charge in [-0.2, -0.15) is 0 Å². The van der Waals surface area contributed by atoms with E-state index in [1.165, 1.54) is 12.1 Å². The molecule has 3 heterocycles. The highest BCUT2D eigenvalue weighted by atomic mass is 19.1. The molecular formula is C30H25FN4O3. The van der Waals surface area contributed by atoms with E-state index in [2.05, 4.69) is 20.3 Å². The summed E-state index contributed by atoms with van der Waals surface area (Å²) in [4.78, 5) is 26.6. The highest BCUT2D eigenvalue weighted by molar-refractivity contribution is 6.08. The number of aryl methyl sites for hydroxylation is 4. The molecule has 0 spiro atoms. The van der Waals surface area contributed by atoms with Crippen LogP contribution in [0.3, 0.4) is 0 Å². The quantitative estimate of drug-likeness (QED) is 0.271. The SMILES string of the molecule is Cc1ccc2nccc(Oc3ccc(NC(=O)c4c(C)nc(C)c(-c5ccc(F)cc5C)c4O)cc3)c2n1. The number of rotatable bonds is 5. The van der Waals surface area contributed by atoms with Crippen LogP contribution >= 0.6 is 0 Å². The predicted octanol–water partition coefficient (Wildman–Crippen LogP) is 6.81. The van der Waals surface area contributed by atoms with Crippen molar-refractivity contribution in [3.63, 3.8) is 0 Å². The number of anilines is 1. The van der Waals surface area contributed by atoms with E-state index in [1.54, 1.807) is 63.4 Å². The van der Waals surface area contributed by atoms with Crippen molar-refractivity contribution in [2.45, 2.75) is 27.7 Å². The lowest BCUT2D eigenvalue weighted by atomic mass is 9.95. The van der Waals surface area contributed by atoms with E-state index >= 15 is 0 Å². The zero-order valence-electron chi connectivity index (χ0n) is 21.3. The van der Waals surface area contributed by atoms with Crippen molar-refractivity contribution >= 4 is 22.6 Å². The zero-order chi connectivity index (χ0) is 27.0. The molecule has 0 saturated carbocycles. The number of amides is 1. The van der Waals surface area contributed by atoms with Crippen LogP contribution in [0.5, 0.6) is 17.2 Å². The summed E-state index contributed by atoms with van der Waals surface area (Å²) in [5.74, 6) is 0.0446. The van der Waals surface area contributed by atoms with E-state index in [4.69, 9.17) is 4.74 Å². The molecule has 0 radical (unpaired) electrons. The van der Waals surface area contributed by atoms with Crippen LogP contribution in [0, 0.1) is 33.5 Å². The Bertz CT molecular complexity index is 1700. The minimum Gasteiger partial charge on any atom is -0.506 e. The first-order valence-electron chi connectivity index (χ1n) is 12.0. The van der Waals surface area contributed by atoms with Gasteiger partial charge in [0, 0.05) is 34.9 Å². The second kappa shape index (κ2) is 9.89. The van der Waals surface area contributed by atoms with E-state index in [0.29, 0.717) is 50.8 Å². The number of ether oxygens (including phenoxy) is 1. The van der Waals surface area contributed by atoms with Crippen molar-refractivity contribution in [1.29, 1.82) is 0 Å². The lowest BCUT2D eigenvalue weighted by molar-refractivity contribution is 0.102. The van der Waals surface area contributed by atoms with Crippen LogP contribution in [0.25, 0.3) is 22.2 Å². The summed E-state index contributed by atoms with van der Waals surface area (Å²) in [6.45, 7) is 7.05.